The van der Waals surface area contributed by atoms with E-state index in [0.717, 1.165) is 43.1 Å². The standard InChI is InChI=1S/C23H25N9/c1-31-12-14-32(15-13-31)23-27-21(24-18-10-6-3-7-11-18)26-22(28-23)25-20-16-19(29-30-20)17-8-4-2-5-9-17/h2-11,16H,12-15H2,1H3,(H3,24,25,26,27,28,29,30). The molecular formula is C23H25N9. The highest BCUT2D eigenvalue weighted by molar-refractivity contribution is 5.65. The van der Waals surface area contributed by atoms with E-state index in [1.165, 1.54) is 0 Å². The zero-order chi connectivity index (χ0) is 21.8. The van der Waals surface area contributed by atoms with E-state index in [-0.39, 0.29) is 0 Å². The number of nitrogens with one attached hydrogen (secondary N) is 3. The lowest BCUT2D eigenvalue weighted by Gasteiger charge is -2.32. The van der Waals surface area contributed by atoms with Gasteiger partial charge in [0.15, 0.2) is 5.82 Å². The van der Waals surface area contributed by atoms with E-state index in [9.17, 15) is 0 Å². The van der Waals surface area contributed by atoms with Gasteiger partial charge in [0.2, 0.25) is 17.8 Å². The quantitative estimate of drug-likeness (QED) is 0.430. The highest BCUT2D eigenvalue weighted by atomic mass is 15.4. The summed E-state index contributed by atoms with van der Waals surface area (Å²) in [5.41, 5.74) is 2.90. The number of nitrogens with zero attached hydrogens (tertiary/aromatic N) is 6. The maximum Gasteiger partial charge on any atom is 0.235 e. The largest absolute Gasteiger partial charge is 0.338 e. The van der Waals surface area contributed by atoms with Crippen LogP contribution in [0.4, 0.5) is 29.4 Å². The first kappa shape index (κ1) is 20.0. The number of para-hydroxylation sites is 1. The third-order valence-corrected chi connectivity index (χ3v) is 5.34. The Morgan fingerprint density at radius 3 is 2.16 bits per heavy atom. The fraction of sp³-hybridized carbons (Fsp3) is 0.217. The summed E-state index contributed by atoms with van der Waals surface area (Å²) in [6.07, 6.45) is 0. The van der Waals surface area contributed by atoms with Crippen LogP contribution in [-0.4, -0.2) is 63.3 Å². The molecular weight excluding hydrogens is 402 g/mol. The zero-order valence-electron chi connectivity index (χ0n) is 17.9. The second-order valence-electron chi connectivity index (χ2n) is 7.72. The highest BCUT2D eigenvalue weighted by Gasteiger charge is 2.19. The second kappa shape index (κ2) is 9.03. The zero-order valence-corrected chi connectivity index (χ0v) is 17.9. The van der Waals surface area contributed by atoms with E-state index < -0.39 is 0 Å². The molecule has 1 aliphatic heterocycles. The van der Waals surface area contributed by atoms with Crippen LogP contribution in [0.2, 0.25) is 0 Å². The minimum absolute atomic E-state index is 0.443. The summed E-state index contributed by atoms with van der Waals surface area (Å²) in [5.74, 6) is 2.22. The lowest BCUT2D eigenvalue weighted by Crippen LogP contribution is -2.45. The summed E-state index contributed by atoms with van der Waals surface area (Å²) >= 11 is 0. The van der Waals surface area contributed by atoms with Gasteiger partial charge in [-0.15, -0.1) is 0 Å². The van der Waals surface area contributed by atoms with E-state index >= 15 is 0 Å². The van der Waals surface area contributed by atoms with E-state index in [1.807, 2.05) is 66.7 Å². The Bertz CT molecular complexity index is 1150. The van der Waals surface area contributed by atoms with Gasteiger partial charge >= 0.3 is 0 Å². The average molecular weight is 428 g/mol. The molecule has 1 saturated heterocycles. The first-order valence-corrected chi connectivity index (χ1v) is 10.6. The van der Waals surface area contributed by atoms with Gasteiger partial charge in [-0.25, -0.2) is 0 Å². The predicted octanol–water partition coefficient (Wildman–Crippen LogP) is 3.50. The van der Waals surface area contributed by atoms with Crippen LogP contribution in [0, 0.1) is 0 Å². The molecule has 1 aliphatic rings. The number of piperazine rings is 1. The van der Waals surface area contributed by atoms with Crippen LogP contribution in [0.5, 0.6) is 0 Å². The van der Waals surface area contributed by atoms with Crippen molar-refractivity contribution in [3.8, 4) is 11.3 Å². The maximum atomic E-state index is 4.68. The van der Waals surface area contributed by atoms with Crippen LogP contribution in [-0.2, 0) is 0 Å². The number of aromatic nitrogens is 5. The van der Waals surface area contributed by atoms with Crippen molar-refractivity contribution in [1.82, 2.24) is 30.0 Å². The molecule has 9 nitrogen and oxygen atoms in total. The predicted molar refractivity (Wildman–Crippen MR) is 127 cm³/mol. The SMILES string of the molecule is CN1CCN(c2nc(Nc3ccccc3)nc(Nc3cc(-c4ccccc4)[nH]n3)n2)CC1. The fourth-order valence-corrected chi connectivity index (χ4v) is 3.54. The van der Waals surface area contributed by atoms with Crippen LogP contribution in [0.25, 0.3) is 11.3 Å². The molecule has 2 aromatic heterocycles. The molecule has 9 heteroatoms. The lowest BCUT2D eigenvalue weighted by molar-refractivity contribution is 0.311. The Morgan fingerprint density at radius 1 is 0.781 bits per heavy atom. The highest BCUT2D eigenvalue weighted by Crippen LogP contribution is 2.23. The number of anilines is 5. The normalized spacial score (nSPS) is 14.3. The fourth-order valence-electron chi connectivity index (χ4n) is 3.54. The number of aromatic amines is 1. The molecule has 0 aliphatic carbocycles. The number of likely N-dealkylation sites (N-methyl/N-ethyl adjacent to an activating group) is 1. The Labute approximate surface area is 186 Å². The van der Waals surface area contributed by atoms with Gasteiger partial charge in [-0.1, -0.05) is 48.5 Å². The van der Waals surface area contributed by atoms with Crippen LogP contribution < -0.4 is 15.5 Å². The number of benzene rings is 2. The van der Waals surface area contributed by atoms with Gasteiger partial charge in [0.05, 0.1) is 5.69 Å². The molecule has 0 radical (unpaired) electrons. The summed E-state index contributed by atoms with van der Waals surface area (Å²) in [7, 11) is 2.13. The molecule has 0 spiro atoms. The number of hydrogen-bond acceptors (Lipinski definition) is 8. The van der Waals surface area contributed by atoms with Crippen LogP contribution in [0.1, 0.15) is 0 Å². The lowest BCUT2D eigenvalue weighted by atomic mass is 10.2. The Balaban J connectivity index is 1.42. The molecule has 2 aromatic carbocycles. The molecule has 4 aromatic rings. The monoisotopic (exact) mass is 427 g/mol. The van der Waals surface area contributed by atoms with E-state index in [1.54, 1.807) is 0 Å². The number of rotatable bonds is 6. The summed E-state index contributed by atoms with van der Waals surface area (Å²) in [5, 5.41) is 13.9. The topological polar surface area (TPSA) is 97.9 Å². The van der Waals surface area contributed by atoms with Crippen molar-refractivity contribution in [3.63, 3.8) is 0 Å². The molecule has 3 heterocycles. The van der Waals surface area contributed by atoms with Crippen LogP contribution in [0.15, 0.2) is 66.7 Å². The maximum absolute atomic E-state index is 4.68. The minimum atomic E-state index is 0.443. The molecule has 0 atom stereocenters. The summed E-state index contributed by atoms with van der Waals surface area (Å²) in [4.78, 5) is 18.4. The summed E-state index contributed by atoms with van der Waals surface area (Å²) in [6.45, 7) is 3.67. The van der Waals surface area contributed by atoms with Crippen molar-refractivity contribution in [2.24, 2.45) is 0 Å². The van der Waals surface area contributed by atoms with E-state index in [4.69, 9.17) is 0 Å². The van der Waals surface area contributed by atoms with E-state index in [0.29, 0.717) is 23.7 Å². The van der Waals surface area contributed by atoms with Gasteiger partial charge in [-0.3, -0.25) is 5.10 Å². The molecule has 162 valence electrons. The van der Waals surface area contributed by atoms with Gasteiger partial charge in [-0.05, 0) is 24.7 Å². The number of H-pyrrole nitrogens is 1. The van der Waals surface area contributed by atoms with Gasteiger partial charge in [0, 0.05) is 37.9 Å². The average Bonchev–Trinajstić information content (AvgIpc) is 3.29. The molecule has 3 N–H and O–H groups in total. The molecule has 0 amide bonds. The molecule has 0 bridgehead atoms. The van der Waals surface area contributed by atoms with Crippen molar-refractivity contribution in [1.29, 1.82) is 0 Å². The van der Waals surface area contributed by atoms with E-state index in [2.05, 4.69) is 52.6 Å². The van der Waals surface area contributed by atoms with Gasteiger partial charge < -0.3 is 20.4 Å². The molecule has 32 heavy (non-hydrogen) atoms. The Kier molecular flexibility index (Phi) is 5.63. The molecule has 1 fully saturated rings. The Hall–Kier alpha value is -3.98. The molecule has 5 rings (SSSR count). The second-order valence-corrected chi connectivity index (χ2v) is 7.72. The third kappa shape index (κ3) is 4.68. The Morgan fingerprint density at radius 2 is 1.44 bits per heavy atom. The third-order valence-electron chi connectivity index (χ3n) is 5.34. The van der Waals surface area contributed by atoms with Crippen LogP contribution in [0.3, 0.4) is 0 Å². The van der Waals surface area contributed by atoms with Gasteiger partial charge in [0.25, 0.3) is 0 Å². The first-order chi connectivity index (χ1) is 15.7. The smallest absolute Gasteiger partial charge is 0.235 e. The van der Waals surface area contributed by atoms with Crippen molar-refractivity contribution in [2.75, 3.05) is 48.8 Å². The summed E-state index contributed by atoms with van der Waals surface area (Å²) < 4.78 is 0. The van der Waals surface area contributed by atoms with Crippen LogP contribution >= 0.6 is 0 Å². The first-order valence-electron chi connectivity index (χ1n) is 10.6. The number of hydrogen-bond donors (Lipinski definition) is 3. The van der Waals surface area contributed by atoms with Crippen molar-refractivity contribution < 1.29 is 0 Å². The van der Waals surface area contributed by atoms with Crippen molar-refractivity contribution in [3.05, 3.63) is 66.7 Å². The van der Waals surface area contributed by atoms with Gasteiger partial charge in [-0.2, -0.15) is 20.1 Å². The summed E-state index contributed by atoms with van der Waals surface area (Å²) in [6, 6.07) is 21.9. The molecule has 0 unspecified atom stereocenters. The molecule has 0 saturated carbocycles. The van der Waals surface area contributed by atoms with Gasteiger partial charge in [0.1, 0.15) is 0 Å². The van der Waals surface area contributed by atoms with Crippen molar-refractivity contribution >= 4 is 29.4 Å². The van der Waals surface area contributed by atoms with Crippen molar-refractivity contribution in [2.45, 2.75) is 0 Å². The minimum Gasteiger partial charge on any atom is -0.338 e.